The first kappa shape index (κ1) is 22.3. The quantitative estimate of drug-likeness (QED) is 0.347. The van der Waals surface area contributed by atoms with Gasteiger partial charge < -0.3 is 14.7 Å². The van der Waals surface area contributed by atoms with Crippen LogP contribution in [0.5, 0.6) is 5.75 Å². The van der Waals surface area contributed by atoms with Crippen molar-refractivity contribution in [3.05, 3.63) is 113 Å². The number of benzene rings is 3. The minimum atomic E-state index is -0.965. The number of rotatable bonds is 9. The maximum Gasteiger partial charge on any atom is 0.341 e. The van der Waals surface area contributed by atoms with Crippen LogP contribution in [0.4, 0.5) is 0 Å². The summed E-state index contributed by atoms with van der Waals surface area (Å²) in [6.45, 7) is -0.316. The van der Waals surface area contributed by atoms with Gasteiger partial charge in [-0.1, -0.05) is 84.0 Å². The molecule has 33 heavy (non-hydrogen) atoms. The highest BCUT2D eigenvalue weighted by Gasteiger charge is 2.20. The molecule has 1 unspecified atom stereocenters. The molecular weight excluding hydrogens is 414 g/mol. The molecule has 1 aliphatic rings. The summed E-state index contributed by atoms with van der Waals surface area (Å²) < 4.78 is 5.45. The number of carboxylic acids is 1. The maximum atomic E-state index is 10.8. The summed E-state index contributed by atoms with van der Waals surface area (Å²) in [5.41, 5.74) is 4.43. The molecule has 0 spiro atoms. The zero-order valence-corrected chi connectivity index (χ0v) is 18.3. The molecule has 0 radical (unpaired) electrons. The van der Waals surface area contributed by atoms with Gasteiger partial charge in [-0.25, -0.2) is 4.79 Å². The number of hydrogen-bond donors (Lipinski definition) is 1. The van der Waals surface area contributed by atoms with Gasteiger partial charge in [-0.2, -0.15) is 0 Å². The van der Waals surface area contributed by atoms with E-state index in [1.54, 1.807) is 6.21 Å². The lowest BCUT2D eigenvalue weighted by Gasteiger charge is -2.24. The molecule has 0 aromatic heterocycles. The first-order chi connectivity index (χ1) is 16.2. The number of allylic oxidation sites excluding steroid dienone is 2. The number of hydrogen-bond acceptors (Lipinski definition) is 4. The van der Waals surface area contributed by atoms with Gasteiger partial charge >= 0.3 is 5.97 Å². The SMILES string of the molecule is O=C(O)COc1cccc2c1CCC(/C=C\C=N/OC(c1ccccc1)c1ccccc1)C2. The Bertz CT molecular complexity index is 1070. The van der Waals surface area contributed by atoms with Gasteiger partial charge in [0.25, 0.3) is 0 Å². The van der Waals surface area contributed by atoms with E-state index in [-0.39, 0.29) is 12.7 Å². The van der Waals surface area contributed by atoms with Crippen molar-refractivity contribution < 1.29 is 19.5 Å². The van der Waals surface area contributed by atoms with Gasteiger partial charge in [-0.05, 0) is 59.6 Å². The van der Waals surface area contributed by atoms with E-state index in [0.717, 1.165) is 36.0 Å². The van der Waals surface area contributed by atoms with Crippen LogP contribution in [0, 0.1) is 5.92 Å². The van der Waals surface area contributed by atoms with E-state index in [9.17, 15) is 4.79 Å². The van der Waals surface area contributed by atoms with E-state index in [1.807, 2.05) is 78.9 Å². The molecule has 1 N–H and O–H groups in total. The first-order valence-corrected chi connectivity index (χ1v) is 11.1. The van der Waals surface area contributed by atoms with Gasteiger partial charge in [0.15, 0.2) is 12.7 Å². The summed E-state index contributed by atoms with van der Waals surface area (Å²) in [4.78, 5) is 16.7. The van der Waals surface area contributed by atoms with Crippen molar-refractivity contribution in [2.45, 2.75) is 25.4 Å². The number of ether oxygens (including phenoxy) is 1. The largest absolute Gasteiger partial charge is 0.482 e. The second kappa shape index (κ2) is 11.1. The van der Waals surface area contributed by atoms with Crippen LogP contribution in [0.1, 0.15) is 34.8 Å². The molecule has 5 heteroatoms. The van der Waals surface area contributed by atoms with Crippen LogP contribution in [-0.2, 0) is 22.5 Å². The van der Waals surface area contributed by atoms with Crippen molar-refractivity contribution in [3.63, 3.8) is 0 Å². The lowest BCUT2D eigenvalue weighted by Crippen LogP contribution is -2.16. The van der Waals surface area contributed by atoms with Gasteiger partial charge in [0.2, 0.25) is 0 Å². The third-order valence-corrected chi connectivity index (χ3v) is 5.73. The van der Waals surface area contributed by atoms with Crippen LogP contribution < -0.4 is 4.74 Å². The lowest BCUT2D eigenvalue weighted by molar-refractivity contribution is -0.139. The van der Waals surface area contributed by atoms with E-state index in [1.165, 1.54) is 5.56 Å². The fraction of sp³-hybridized carbons (Fsp3) is 0.214. The molecule has 0 bridgehead atoms. The molecule has 4 rings (SSSR count). The highest BCUT2D eigenvalue weighted by Crippen LogP contribution is 2.32. The molecule has 5 nitrogen and oxygen atoms in total. The summed E-state index contributed by atoms with van der Waals surface area (Å²) in [5.74, 6) is 0.102. The Hall–Kier alpha value is -3.86. The van der Waals surface area contributed by atoms with Gasteiger partial charge in [-0.3, -0.25) is 0 Å². The van der Waals surface area contributed by atoms with Gasteiger partial charge in [0.05, 0.1) is 6.21 Å². The summed E-state index contributed by atoms with van der Waals surface area (Å²) in [7, 11) is 0. The Labute approximate surface area is 194 Å². The van der Waals surface area contributed by atoms with Crippen molar-refractivity contribution >= 4 is 12.2 Å². The Morgan fingerprint density at radius 2 is 1.70 bits per heavy atom. The standard InChI is InChI=1S/C28H27NO4/c30-27(31)20-32-26-15-7-14-24-19-21(16-17-25(24)26)9-8-18-29-33-28(22-10-3-1-4-11-22)23-12-5-2-6-13-23/h1-15,18,21,28H,16-17,19-20H2,(H,30,31)/b9-8-,29-18-. The molecule has 3 aromatic carbocycles. The van der Waals surface area contributed by atoms with Crippen LogP contribution >= 0.6 is 0 Å². The van der Waals surface area contributed by atoms with Crippen molar-refractivity contribution in [2.75, 3.05) is 6.61 Å². The summed E-state index contributed by atoms with van der Waals surface area (Å²) in [5, 5.41) is 13.1. The van der Waals surface area contributed by atoms with E-state index in [2.05, 4.69) is 17.3 Å². The third kappa shape index (κ3) is 6.10. The predicted molar refractivity (Wildman–Crippen MR) is 129 cm³/mol. The fourth-order valence-corrected chi connectivity index (χ4v) is 4.15. The number of fused-ring (bicyclic) bond motifs is 1. The van der Waals surface area contributed by atoms with Gasteiger partial charge in [0.1, 0.15) is 5.75 Å². The van der Waals surface area contributed by atoms with E-state index in [4.69, 9.17) is 14.7 Å². The first-order valence-electron chi connectivity index (χ1n) is 11.1. The molecule has 0 heterocycles. The summed E-state index contributed by atoms with van der Waals surface area (Å²) >= 11 is 0. The topological polar surface area (TPSA) is 68.1 Å². The van der Waals surface area contributed by atoms with Crippen molar-refractivity contribution in [1.82, 2.24) is 0 Å². The van der Waals surface area contributed by atoms with Crippen molar-refractivity contribution in [2.24, 2.45) is 11.1 Å². The molecule has 0 fully saturated rings. The van der Waals surface area contributed by atoms with Crippen molar-refractivity contribution in [3.8, 4) is 5.75 Å². The number of oxime groups is 1. The minimum Gasteiger partial charge on any atom is -0.482 e. The van der Waals surface area contributed by atoms with E-state index in [0.29, 0.717) is 11.7 Å². The zero-order chi connectivity index (χ0) is 22.9. The number of carboxylic acid groups (broad SMARTS) is 1. The van der Waals surface area contributed by atoms with Crippen molar-refractivity contribution in [1.29, 1.82) is 0 Å². The average Bonchev–Trinajstić information content (AvgIpc) is 2.85. The average molecular weight is 442 g/mol. The molecule has 1 atom stereocenters. The molecule has 168 valence electrons. The summed E-state index contributed by atoms with van der Waals surface area (Å²) in [6, 6.07) is 26.0. The highest BCUT2D eigenvalue weighted by molar-refractivity contribution is 5.70. The monoisotopic (exact) mass is 441 g/mol. The van der Waals surface area contributed by atoms with Crippen LogP contribution in [0.2, 0.25) is 0 Å². The smallest absolute Gasteiger partial charge is 0.341 e. The van der Waals surface area contributed by atoms with E-state index >= 15 is 0 Å². The molecule has 0 amide bonds. The molecule has 3 aromatic rings. The second-order valence-corrected chi connectivity index (χ2v) is 8.03. The van der Waals surface area contributed by atoms with Gasteiger partial charge in [-0.15, -0.1) is 0 Å². The van der Waals surface area contributed by atoms with Crippen LogP contribution in [0.25, 0.3) is 0 Å². The van der Waals surface area contributed by atoms with E-state index < -0.39 is 5.97 Å². The Kier molecular flexibility index (Phi) is 7.54. The Morgan fingerprint density at radius 3 is 2.36 bits per heavy atom. The molecule has 0 saturated heterocycles. The highest BCUT2D eigenvalue weighted by atomic mass is 16.6. The number of carbonyl (C=O) groups is 1. The Balaban J connectivity index is 1.37. The maximum absolute atomic E-state index is 10.8. The molecule has 1 aliphatic carbocycles. The lowest BCUT2D eigenvalue weighted by atomic mass is 9.83. The second-order valence-electron chi connectivity index (χ2n) is 8.03. The summed E-state index contributed by atoms with van der Waals surface area (Å²) in [6.07, 6.45) is 8.25. The third-order valence-electron chi connectivity index (χ3n) is 5.73. The van der Waals surface area contributed by atoms with Gasteiger partial charge in [0, 0.05) is 0 Å². The van der Waals surface area contributed by atoms with Crippen LogP contribution in [0.3, 0.4) is 0 Å². The minimum absolute atomic E-state index is 0.261. The molecule has 0 saturated carbocycles. The normalized spacial score (nSPS) is 15.6. The van der Waals surface area contributed by atoms with Crippen LogP contribution in [0.15, 0.2) is 96.2 Å². The molecular formula is C28H27NO4. The molecule has 0 aliphatic heterocycles. The van der Waals surface area contributed by atoms with Crippen LogP contribution in [-0.4, -0.2) is 23.9 Å². The Morgan fingerprint density at radius 1 is 1.00 bits per heavy atom. The number of aliphatic carboxylic acids is 1. The predicted octanol–water partition coefficient (Wildman–Crippen LogP) is 5.60. The number of nitrogens with zero attached hydrogens (tertiary/aromatic N) is 1. The fourth-order valence-electron chi connectivity index (χ4n) is 4.15. The zero-order valence-electron chi connectivity index (χ0n) is 18.3.